The molecule has 0 bridgehead atoms. The molecule has 198 valence electrons. The van der Waals surface area contributed by atoms with Crippen LogP contribution >= 0.6 is 0 Å². The second-order valence-electron chi connectivity index (χ2n) is 7.60. The monoisotopic (exact) mass is 519 g/mol. The zero-order valence-electron chi connectivity index (χ0n) is 21.4. The van der Waals surface area contributed by atoms with Crippen molar-refractivity contribution >= 4 is 29.7 Å². The molecule has 2 N–H and O–H groups in total. The van der Waals surface area contributed by atoms with Crippen LogP contribution in [0.5, 0.6) is 23.0 Å². The molecule has 3 rings (SSSR count). The Morgan fingerprint density at radius 2 is 1.34 bits per heavy atom. The number of rotatable bonds is 11. The molecule has 0 atom stereocenters. The van der Waals surface area contributed by atoms with E-state index in [-0.39, 0.29) is 5.75 Å². The Morgan fingerprint density at radius 1 is 0.737 bits per heavy atom. The molecule has 3 aromatic carbocycles. The van der Waals surface area contributed by atoms with Gasteiger partial charge in [0.25, 0.3) is 0 Å². The lowest BCUT2D eigenvalue weighted by Gasteiger charge is -2.11. The molecule has 10 heteroatoms. The van der Waals surface area contributed by atoms with Crippen LogP contribution in [-0.2, 0) is 9.59 Å². The molecule has 0 radical (unpaired) electrons. The molecule has 38 heavy (non-hydrogen) atoms. The van der Waals surface area contributed by atoms with Gasteiger partial charge in [0.2, 0.25) is 0 Å². The molecule has 0 saturated heterocycles. The van der Waals surface area contributed by atoms with E-state index in [4.69, 9.17) is 18.9 Å². The normalized spacial score (nSPS) is 10.5. The van der Waals surface area contributed by atoms with E-state index < -0.39 is 17.8 Å². The van der Waals surface area contributed by atoms with E-state index in [9.17, 15) is 14.4 Å². The van der Waals surface area contributed by atoms with Gasteiger partial charge in [-0.3, -0.25) is 9.59 Å². The first-order chi connectivity index (χ1) is 18.4. The highest BCUT2D eigenvalue weighted by atomic mass is 16.6. The van der Waals surface area contributed by atoms with Crippen LogP contribution in [0.4, 0.5) is 5.69 Å². The molecule has 0 aromatic heterocycles. The first-order valence-electron chi connectivity index (χ1n) is 12.0. The standard InChI is InChI=1S/C28H29N3O7/c1-4-35-22-12-8-20(9-13-22)28(34)38-24-16-7-19(17-25(24)37-6-3)18-29-31-27(33)26(32)30-21-10-14-23(15-11-21)36-5-2/h7-18H,4-6H2,1-3H3,(H,30,32)(H,31,33)/b29-18+. The molecule has 0 spiro atoms. The van der Waals surface area contributed by atoms with Gasteiger partial charge in [0.05, 0.1) is 31.6 Å². The molecule has 2 amide bonds. The number of carbonyl (C=O) groups excluding carboxylic acids is 3. The fourth-order valence-corrected chi connectivity index (χ4v) is 3.18. The summed E-state index contributed by atoms with van der Waals surface area (Å²) < 4.78 is 21.8. The Kier molecular flexibility index (Phi) is 10.2. The number of anilines is 1. The maximum Gasteiger partial charge on any atom is 0.343 e. The molecule has 0 aliphatic heterocycles. The van der Waals surface area contributed by atoms with E-state index in [1.807, 2.05) is 13.8 Å². The molecule has 0 saturated carbocycles. The summed E-state index contributed by atoms with van der Waals surface area (Å²) in [6, 6.07) is 18.0. The van der Waals surface area contributed by atoms with Crippen molar-refractivity contribution in [2.75, 3.05) is 25.1 Å². The second-order valence-corrected chi connectivity index (χ2v) is 7.60. The van der Waals surface area contributed by atoms with Crippen molar-refractivity contribution < 1.29 is 33.3 Å². The lowest BCUT2D eigenvalue weighted by Crippen LogP contribution is -2.32. The number of esters is 1. The van der Waals surface area contributed by atoms with Crippen molar-refractivity contribution in [3.8, 4) is 23.0 Å². The average molecular weight is 520 g/mol. The number of amides is 2. The van der Waals surface area contributed by atoms with Crippen LogP contribution in [0.3, 0.4) is 0 Å². The molecule has 0 aliphatic rings. The number of benzene rings is 3. The smallest absolute Gasteiger partial charge is 0.343 e. The van der Waals surface area contributed by atoms with Crippen molar-refractivity contribution in [3.05, 3.63) is 77.9 Å². The SMILES string of the molecule is CCOc1ccc(NC(=O)C(=O)N/N=C/c2ccc(OC(=O)c3ccc(OCC)cc3)c(OCC)c2)cc1. The highest BCUT2D eigenvalue weighted by Crippen LogP contribution is 2.29. The fourth-order valence-electron chi connectivity index (χ4n) is 3.18. The van der Waals surface area contributed by atoms with Crippen LogP contribution in [0, 0.1) is 0 Å². The predicted molar refractivity (Wildman–Crippen MR) is 142 cm³/mol. The zero-order valence-corrected chi connectivity index (χ0v) is 21.4. The van der Waals surface area contributed by atoms with E-state index >= 15 is 0 Å². The third kappa shape index (κ3) is 8.09. The molecule has 0 aliphatic carbocycles. The third-order valence-electron chi connectivity index (χ3n) is 4.88. The Hall–Kier alpha value is -4.86. The van der Waals surface area contributed by atoms with Crippen LogP contribution in [0.2, 0.25) is 0 Å². The van der Waals surface area contributed by atoms with Crippen molar-refractivity contribution in [2.45, 2.75) is 20.8 Å². The molecule has 0 heterocycles. The quantitative estimate of drug-likeness (QED) is 0.128. The summed E-state index contributed by atoms with van der Waals surface area (Å²) in [5.41, 5.74) is 3.51. The first kappa shape index (κ1) is 27.7. The Labute approximate surface area is 220 Å². The number of hydrazone groups is 1. The van der Waals surface area contributed by atoms with E-state index in [1.54, 1.807) is 73.7 Å². The maximum absolute atomic E-state index is 12.6. The summed E-state index contributed by atoms with van der Waals surface area (Å²) >= 11 is 0. The van der Waals surface area contributed by atoms with Gasteiger partial charge in [-0.15, -0.1) is 0 Å². The topological polar surface area (TPSA) is 125 Å². The van der Waals surface area contributed by atoms with Crippen molar-refractivity contribution in [3.63, 3.8) is 0 Å². The third-order valence-corrected chi connectivity index (χ3v) is 4.88. The van der Waals surface area contributed by atoms with Crippen LogP contribution in [0.15, 0.2) is 71.8 Å². The lowest BCUT2D eigenvalue weighted by atomic mass is 10.2. The number of nitrogens with one attached hydrogen (secondary N) is 2. The van der Waals surface area contributed by atoms with Gasteiger partial charge in [0, 0.05) is 5.69 Å². The number of carbonyl (C=O) groups is 3. The summed E-state index contributed by atoms with van der Waals surface area (Å²) in [4.78, 5) is 36.8. The summed E-state index contributed by atoms with van der Waals surface area (Å²) in [5, 5.41) is 6.30. The van der Waals surface area contributed by atoms with Gasteiger partial charge in [-0.25, -0.2) is 10.2 Å². The lowest BCUT2D eigenvalue weighted by molar-refractivity contribution is -0.136. The van der Waals surface area contributed by atoms with E-state index in [2.05, 4.69) is 15.8 Å². The number of nitrogens with zero attached hydrogens (tertiary/aromatic N) is 1. The van der Waals surface area contributed by atoms with Gasteiger partial charge >= 0.3 is 17.8 Å². The van der Waals surface area contributed by atoms with Crippen LogP contribution in [0.25, 0.3) is 0 Å². The van der Waals surface area contributed by atoms with E-state index in [1.165, 1.54) is 6.21 Å². The number of hydrogen-bond donors (Lipinski definition) is 2. The van der Waals surface area contributed by atoms with Crippen molar-refractivity contribution in [2.24, 2.45) is 5.10 Å². The minimum atomic E-state index is -0.943. The zero-order chi connectivity index (χ0) is 27.3. The molecule has 3 aromatic rings. The highest BCUT2D eigenvalue weighted by Gasteiger charge is 2.15. The number of ether oxygens (including phenoxy) is 4. The minimum absolute atomic E-state index is 0.224. The van der Waals surface area contributed by atoms with Crippen molar-refractivity contribution in [1.29, 1.82) is 0 Å². The van der Waals surface area contributed by atoms with Crippen molar-refractivity contribution in [1.82, 2.24) is 5.43 Å². The predicted octanol–water partition coefficient (Wildman–Crippen LogP) is 4.19. The molecular formula is C28H29N3O7. The van der Waals surface area contributed by atoms with E-state index in [0.29, 0.717) is 53.9 Å². The van der Waals surface area contributed by atoms with Gasteiger partial charge in [0.15, 0.2) is 11.5 Å². The molecule has 0 fully saturated rings. The van der Waals surface area contributed by atoms with Crippen LogP contribution in [0.1, 0.15) is 36.7 Å². The Bertz CT molecular complexity index is 1270. The second kappa shape index (κ2) is 14.0. The van der Waals surface area contributed by atoms with Gasteiger partial charge in [-0.05, 0) is 93.1 Å². The first-order valence-corrected chi connectivity index (χ1v) is 12.0. The van der Waals surface area contributed by atoms with Crippen LogP contribution in [-0.4, -0.2) is 43.8 Å². The molecular weight excluding hydrogens is 490 g/mol. The summed E-state index contributed by atoms with van der Waals surface area (Å²) in [5.74, 6) is -0.525. The Balaban J connectivity index is 1.59. The number of hydrogen-bond acceptors (Lipinski definition) is 8. The largest absolute Gasteiger partial charge is 0.494 e. The summed E-state index contributed by atoms with van der Waals surface area (Å²) in [7, 11) is 0. The average Bonchev–Trinajstić information content (AvgIpc) is 2.92. The maximum atomic E-state index is 12.6. The minimum Gasteiger partial charge on any atom is -0.494 e. The van der Waals surface area contributed by atoms with Gasteiger partial charge in [-0.1, -0.05) is 0 Å². The molecule has 10 nitrogen and oxygen atoms in total. The van der Waals surface area contributed by atoms with Gasteiger partial charge in [0.1, 0.15) is 11.5 Å². The van der Waals surface area contributed by atoms with Crippen LogP contribution < -0.4 is 29.7 Å². The highest BCUT2D eigenvalue weighted by molar-refractivity contribution is 6.39. The van der Waals surface area contributed by atoms with Gasteiger partial charge in [-0.2, -0.15) is 5.10 Å². The molecule has 0 unspecified atom stereocenters. The fraction of sp³-hybridized carbons (Fsp3) is 0.214. The van der Waals surface area contributed by atoms with E-state index in [0.717, 1.165) is 0 Å². The summed E-state index contributed by atoms with van der Waals surface area (Å²) in [6.45, 7) is 6.92. The van der Waals surface area contributed by atoms with Gasteiger partial charge < -0.3 is 24.3 Å². The Morgan fingerprint density at radius 3 is 1.95 bits per heavy atom. The summed E-state index contributed by atoms with van der Waals surface area (Å²) in [6.07, 6.45) is 1.34.